The smallest absolute Gasteiger partial charge is 0.407 e. The zero-order chi connectivity index (χ0) is 18.6. The monoisotopic (exact) mass is 359 g/mol. The molecule has 2 fully saturated rings. The van der Waals surface area contributed by atoms with E-state index in [1.165, 1.54) is 4.90 Å². The lowest BCUT2D eigenvalue weighted by molar-refractivity contribution is -0.00757. The van der Waals surface area contributed by atoms with E-state index in [0.29, 0.717) is 19.1 Å². The Kier molecular flexibility index (Phi) is 5.96. The summed E-state index contributed by atoms with van der Waals surface area (Å²) in [4.78, 5) is 15.2. The van der Waals surface area contributed by atoms with Crippen LogP contribution in [0.1, 0.15) is 18.4 Å². The summed E-state index contributed by atoms with van der Waals surface area (Å²) in [6, 6.07) is 9.99. The van der Waals surface area contributed by atoms with Gasteiger partial charge in [-0.2, -0.15) is 0 Å². The lowest BCUT2D eigenvalue weighted by Crippen LogP contribution is -2.47. The highest BCUT2D eigenvalue weighted by atomic mass is 16.4. The molecule has 2 atom stereocenters. The SMILES string of the molecule is C=CCNC1CCN(CC2CN(C(=O)O)CC2(O)c2ccccc2)CC1. The average molecular weight is 359 g/mol. The number of rotatable bonds is 6. The molecule has 1 amide bonds. The molecule has 0 saturated carbocycles. The zero-order valence-electron chi connectivity index (χ0n) is 15.2. The summed E-state index contributed by atoms with van der Waals surface area (Å²) in [7, 11) is 0. The molecule has 0 bridgehead atoms. The third-order valence-electron chi connectivity index (χ3n) is 5.71. The van der Waals surface area contributed by atoms with Gasteiger partial charge in [0.2, 0.25) is 0 Å². The second-order valence-corrected chi connectivity index (χ2v) is 7.42. The molecule has 0 radical (unpaired) electrons. The fourth-order valence-corrected chi connectivity index (χ4v) is 4.19. The van der Waals surface area contributed by atoms with Gasteiger partial charge in [-0.25, -0.2) is 4.79 Å². The number of carbonyl (C=O) groups is 1. The number of aliphatic hydroxyl groups is 1. The Morgan fingerprint density at radius 3 is 2.62 bits per heavy atom. The van der Waals surface area contributed by atoms with Gasteiger partial charge in [-0.15, -0.1) is 6.58 Å². The number of hydrogen-bond donors (Lipinski definition) is 3. The second-order valence-electron chi connectivity index (χ2n) is 7.42. The molecule has 2 aliphatic rings. The van der Waals surface area contributed by atoms with E-state index in [2.05, 4.69) is 16.8 Å². The number of likely N-dealkylation sites (tertiary alicyclic amines) is 2. The van der Waals surface area contributed by atoms with Crippen LogP contribution < -0.4 is 5.32 Å². The Morgan fingerprint density at radius 2 is 2.00 bits per heavy atom. The Bertz CT molecular complexity index is 616. The van der Waals surface area contributed by atoms with Crippen molar-refractivity contribution in [3.05, 3.63) is 48.6 Å². The van der Waals surface area contributed by atoms with Crippen LogP contribution in [0.15, 0.2) is 43.0 Å². The van der Waals surface area contributed by atoms with Crippen molar-refractivity contribution < 1.29 is 15.0 Å². The van der Waals surface area contributed by atoms with Crippen LogP contribution in [0.25, 0.3) is 0 Å². The molecule has 3 N–H and O–H groups in total. The fourth-order valence-electron chi connectivity index (χ4n) is 4.19. The molecule has 6 nitrogen and oxygen atoms in total. The van der Waals surface area contributed by atoms with Crippen LogP contribution in [0, 0.1) is 5.92 Å². The van der Waals surface area contributed by atoms with Gasteiger partial charge >= 0.3 is 6.09 Å². The summed E-state index contributed by atoms with van der Waals surface area (Å²) >= 11 is 0. The Balaban J connectivity index is 1.67. The largest absolute Gasteiger partial charge is 0.465 e. The van der Waals surface area contributed by atoms with Crippen molar-refractivity contribution in [3.8, 4) is 0 Å². The van der Waals surface area contributed by atoms with Crippen molar-refractivity contribution in [2.24, 2.45) is 5.92 Å². The average Bonchev–Trinajstić information content (AvgIpc) is 3.00. The molecule has 6 heteroatoms. The highest BCUT2D eigenvalue weighted by Gasteiger charge is 2.48. The van der Waals surface area contributed by atoms with Gasteiger partial charge in [0.25, 0.3) is 0 Å². The van der Waals surface area contributed by atoms with Gasteiger partial charge in [-0.05, 0) is 31.5 Å². The topological polar surface area (TPSA) is 76.0 Å². The molecular formula is C20H29N3O3. The molecule has 1 aromatic rings. The third kappa shape index (κ3) is 4.09. The molecular weight excluding hydrogens is 330 g/mol. The van der Waals surface area contributed by atoms with Crippen molar-refractivity contribution >= 4 is 6.09 Å². The van der Waals surface area contributed by atoms with Gasteiger partial charge in [-0.1, -0.05) is 36.4 Å². The van der Waals surface area contributed by atoms with Gasteiger partial charge in [0, 0.05) is 31.6 Å². The number of piperidine rings is 1. The van der Waals surface area contributed by atoms with Crippen molar-refractivity contribution in [1.82, 2.24) is 15.1 Å². The Morgan fingerprint density at radius 1 is 1.31 bits per heavy atom. The first-order chi connectivity index (χ1) is 12.5. The van der Waals surface area contributed by atoms with Crippen LogP contribution in [-0.4, -0.2) is 71.4 Å². The van der Waals surface area contributed by atoms with Gasteiger partial charge in [-0.3, -0.25) is 0 Å². The van der Waals surface area contributed by atoms with Crippen LogP contribution in [0.4, 0.5) is 4.79 Å². The minimum Gasteiger partial charge on any atom is -0.465 e. The zero-order valence-corrected chi connectivity index (χ0v) is 15.2. The van der Waals surface area contributed by atoms with Crippen LogP contribution in [0.3, 0.4) is 0 Å². The molecule has 2 saturated heterocycles. The lowest BCUT2D eigenvalue weighted by Gasteiger charge is -2.37. The molecule has 2 aliphatic heterocycles. The van der Waals surface area contributed by atoms with Crippen LogP contribution in [-0.2, 0) is 5.60 Å². The summed E-state index contributed by atoms with van der Waals surface area (Å²) in [6.07, 6.45) is 3.04. The van der Waals surface area contributed by atoms with Gasteiger partial charge in [0.05, 0.1) is 6.54 Å². The number of β-amino-alcohol motifs (C(OH)–C–C–N with tert-alkyl or cyclic N) is 1. The predicted octanol–water partition coefficient (Wildman–Crippen LogP) is 1.72. The second kappa shape index (κ2) is 8.20. The molecule has 142 valence electrons. The number of benzene rings is 1. The maximum atomic E-state index is 11.5. The lowest BCUT2D eigenvalue weighted by atomic mass is 9.83. The van der Waals surface area contributed by atoms with Crippen molar-refractivity contribution in [2.45, 2.75) is 24.5 Å². The number of hydrogen-bond acceptors (Lipinski definition) is 4. The van der Waals surface area contributed by atoms with E-state index in [1.807, 2.05) is 36.4 Å². The highest BCUT2D eigenvalue weighted by molar-refractivity contribution is 5.66. The summed E-state index contributed by atoms with van der Waals surface area (Å²) < 4.78 is 0. The third-order valence-corrected chi connectivity index (χ3v) is 5.71. The first kappa shape index (κ1) is 18.9. The predicted molar refractivity (Wildman–Crippen MR) is 101 cm³/mol. The highest BCUT2D eigenvalue weighted by Crippen LogP contribution is 2.37. The quantitative estimate of drug-likeness (QED) is 0.675. The van der Waals surface area contributed by atoms with E-state index in [9.17, 15) is 15.0 Å². The molecule has 0 aromatic heterocycles. The maximum absolute atomic E-state index is 11.5. The van der Waals surface area contributed by atoms with E-state index < -0.39 is 11.7 Å². The van der Waals surface area contributed by atoms with E-state index in [4.69, 9.17) is 0 Å². The van der Waals surface area contributed by atoms with Crippen LogP contribution >= 0.6 is 0 Å². The minimum atomic E-state index is -1.13. The fraction of sp³-hybridized carbons (Fsp3) is 0.550. The molecule has 3 rings (SSSR count). The van der Waals surface area contributed by atoms with Gasteiger partial charge in [0.15, 0.2) is 0 Å². The summed E-state index contributed by atoms with van der Waals surface area (Å²) in [6.45, 7) is 7.71. The molecule has 0 spiro atoms. The standard InChI is InChI=1S/C20H29N3O3/c1-2-10-21-18-8-11-22(12-9-18)13-17-14-23(19(24)25)15-20(17,26)16-6-4-3-5-7-16/h2-7,17-18,21,26H,1,8-15H2,(H,24,25). The van der Waals surface area contributed by atoms with Crippen LogP contribution in [0.5, 0.6) is 0 Å². The molecule has 26 heavy (non-hydrogen) atoms. The van der Waals surface area contributed by atoms with E-state index in [-0.39, 0.29) is 12.5 Å². The molecule has 1 aromatic carbocycles. The van der Waals surface area contributed by atoms with Crippen molar-refractivity contribution in [3.63, 3.8) is 0 Å². The maximum Gasteiger partial charge on any atom is 0.407 e. The van der Waals surface area contributed by atoms with Gasteiger partial charge < -0.3 is 25.3 Å². The minimum absolute atomic E-state index is 0.126. The Hall–Kier alpha value is -1.89. The first-order valence-electron chi connectivity index (χ1n) is 9.35. The number of carboxylic acid groups (broad SMARTS) is 1. The van der Waals surface area contributed by atoms with E-state index in [1.54, 1.807) is 0 Å². The first-order valence-corrected chi connectivity index (χ1v) is 9.35. The summed E-state index contributed by atoms with van der Waals surface area (Å²) in [5, 5.41) is 24.3. The molecule has 2 unspecified atom stereocenters. The van der Waals surface area contributed by atoms with E-state index in [0.717, 1.165) is 38.0 Å². The summed E-state index contributed by atoms with van der Waals surface area (Å²) in [5.41, 5.74) is -0.325. The van der Waals surface area contributed by atoms with E-state index >= 15 is 0 Å². The molecule has 2 heterocycles. The normalized spacial score (nSPS) is 27.6. The van der Waals surface area contributed by atoms with Crippen LogP contribution in [0.2, 0.25) is 0 Å². The number of amides is 1. The Labute approximate surface area is 155 Å². The number of nitrogens with zero attached hydrogens (tertiary/aromatic N) is 2. The summed E-state index contributed by atoms with van der Waals surface area (Å²) in [5.74, 6) is -0.126. The van der Waals surface area contributed by atoms with Crippen molar-refractivity contribution in [2.75, 3.05) is 39.3 Å². The molecule has 0 aliphatic carbocycles. The van der Waals surface area contributed by atoms with Crippen molar-refractivity contribution in [1.29, 1.82) is 0 Å². The number of nitrogens with one attached hydrogen (secondary N) is 1. The van der Waals surface area contributed by atoms with Gasteiger partial charge in [0.1, 0.15) is 5.60 Å².